The number of aliphatic hydroxyl groups is 1. The van der Waals surface area contributed by atoms with Crippen LogP contribution in [0.25, 0.3) is 0 Å². The molecule has 0 aromatic heterocycles. The third kappa shape index (κ3) is 13.8. The summed E-state index contributed by atoms with van der Waals surface area (Å²) in [4.78, 5) is 22.0. The Hall–Kier alpha value is -1.16. The van der Waals surface area contributed by atoms with Gasteiger partial charge in [0.1, 0.15) is 6.10 Å². The summed E-state index contributed by atoms with van der Waals surface area (Å²) in [6.45, 7) is 2.16. The van der Waals surface area contributed by atoms with E-state index >= 15 is 0 Å². The van der Waals surface area contributed by atoms with Gasteiger partial charge in [-0.25, -0.2) is 0 Å². The van der Waals surface area contributed by atoms with E-state index in [4.69, 9.17) is 5.11 Å². The van der Waals surface area contributed by atoms with Crippen molar-refractivity contribution in [1.82, 2.24) is 0 Å². The summed E-state index contributed by atoms with van der Waals surface area (Å²) in [7, 11) is 0. The molecule has 0 aliphatic heterocycles. The van der Waals surface area contributed by atoms with Gasteiger partial charge in [0.05, 0.1) is 0 Å². The normalized spacial score (nSPS) is 12.6. The summed E-state index contributed by atoms with van der Waals surface area (Å²) in [6, 6.07) is 0. The molecule has 0 aliphatic rings. The van der Waals surface area contributed by atoms with E-state index in [0.717, 1.165) is 38.5 Å². The van der Waals surface area contributed by atoms with E-state index in [1.54, 1.807) is 0 Å². The summed E-state index contributed by atoms with van der Waals surface area (Å²) in [5.74, 6) is -0.846. The first-order valence-electron chi connectivity index (χ1n) is 8.65. The zero-order valence-corrected chi connectivity index (χ0v) is 13.9. The van der Waals surface area contributed by atoms with Gasteiger partial charge in [-0.1, -0.05) is 57.6 Å². The number of aliphatic carboxylic acids is 1. The molecule has 0 radical (unpaired) electrons. The molecule has 0 aromatic carbocycles. The zero-order valence-electron chi connectivity index (χ0n) is 13.9. The van der Waals surface area contributed by atoms with Gasteiger partial charge in [0, 0.05) is 12.8 Å². The summed E-state index contributed by atoms with van der Waals surface area (Å²) in [6.07, 6.45) is 13.0. The van der Waals surface area contributed by atoms with E-state index in [2.05, 4.69) is 6.92 Å². The van der Waals surface area contributed by atoms with Gasteiger partial charge in [0.15, 0.2) is 5.78 Å². The highest BCUT2D eigenvalue weighted by atomic mass is 16.4. The van der Waals surface area contributed by atoms with E-state index in [0.29, 0.717) is 19.3 Å². The fourth-order valence-electron chi connectivity index (χ4n) is 2.27. The lowest BCUT2D eigenvalue weighted by atomic mass is 10.0. The molecule has 22 heavy (non-hydrogen) atoms. The topological polar surface area (TPSA) is 74.6 Å². The number of rotatable bonds is 15. The lowest BCUT2D eigenvalue weighted by molar-refractivity contribution is -0.137. The highest BCUT2D eigenvalue weighted by molar-refractivity contribution is 5.84. The number of carboxylic acid groups (broad SMARTS) is 1. The first-order valence-corrected chi connectivity index (χ1v) is 8.65. The largest absolute Gasteiger partial charge is 0.481 e. The molecule has 0 saturated heterocycles. The number of hydrogen-bond acceptors (Lipinski definition) is 3. The SMILES string of the molecule is CCCCC/C=C\CC(=O)C(O)CCCCCCCC(=O)O. The van der Waals surface area contributed by atoms with Gasteiger partial charge < -0.3 is 10.2 Å². The Bertz CT molecular complexity index is 323. The number of aliphatic hydroxyl groups excluding tert-OH is 1. The van der Waals surface area contributed by atoms with Crippen molar-refractivity contribution in [2.24, 2.45) is 0 Å². The van der Waals surface area contributed by atoms with Crippen LogP contribution in [0, 0.1) is 0 Å². The number of carbonyl (C=O) groups is 2. The minimum Gasteiger partial charge on any atom is -0.481 e. The van der Waals surface area contributed by atoms with Crippen molar-refractivity contribution in [3.05, 3.63) is 12.2 Å². The number of unbranched alkanes of at least 4 members (excludes halogenated alkanes) is 7. The standard InChI is InChI=1S/C18H32O4/c1-2-3-4-5-7-10-13-16(19)17(20)14-11-8-6-9-12-15-18(21)22/h7,10,17,20H,2-6,8-9,11-15H2,1H3,(H,21,22)/b10-7-. The number of hydrogen-bond donors (Lipinski definition) is 2. The van der Waals surface area contributed by atoms with Crippen molar-refractivity contribution in [3.63, 3.8) is 0 Å². The van der Waals surface area contributed by atoms with E-state index in [9.17, 15) is 14.7 Å². The van der Waals surface area contributed by atoms with Crippen molar-refractivity contribution < 1.29 is 19.8 Å². The first kappa shape index (κ1) is 20.8. The maximum atomic E-state index is 11.7. The van der Waals surface area contributed by atoms with E-state index in [-0.39, 0.29) is 12.2 Å². The van der Waals surface area contributed by atoms with Gasteiger partial charge in [0.25, 0.3) is 0 Å². The molecule has 0 fully saturated rings. The van der Waals surface area contributed by atoms with Crippen LogP contribution in [-0.4, -0.2) is 28.1 Å². The molecular formula is C18H32O4. The number of carboxylic acids is 1. The van der Waals surface area contributed by atoms with Crippen LogP contribution in [0.1, 0.15) is 84.0 Å². The summed E-state index contributed by atoms with van der Waals surface area (Å²) >= 11 is 0. The Kier molecular flexibility index (Phi) is 14.0. The number of carbonyl (C=O) groups excluding carboxylic acids is 1. The van der Waals surface area contributed by atoms with E-state index < -0.39 is 12.1 Å². The number of Topliss-reactive ketones (excluding diaryl/α,β-unsaturated/α-hetero) is 1. The zero-order chi connectivity index (χ0) is 16.6. The fourth-order valence-corrected chi connectivity index (χ4v) is 2.27. The van der Waals surface area contributed by atoms with Crippen molar-refractivity contribution >= 4 is 11.8 Å². The van der Waals surface area contributed by atoms with E-state index in [1.807, 2.05) is 12.2 Å². The molecule has 128 valence electrons. The molecule has 0 rings (SSSR count). The lowest BCUT2D eigenvalue weighted by Gasteiger charge is -2.08. The van der Waals surface area contributed by atoms with Crippen LogP contribution >= 0.6 is 0 Å². The lowest BCUT2D eigenvalue weighted by Crippen LogP contribution is -2.19. The predicted octanol–water partition coefficient (Wildman–Crippen LogP) is 4.26. The van der Waals surface area contributed by atoms with Gasteiger partial charge in [-0.2, -0.15) is 0 Å². The van der Waals surface area contributed by atoms with Crippen molar-refractivity contribution in [2.75, 3.05) is 0 Å². The maximum Gasteiger partial charge on any atom is 0.303 e. The van der Waals surface area contributed by atoms with Crippen LogP contribution in [-0.2, 0) is 9.59 Å². The Labute approximate surface area is 134 Å². The quantitative estimate of drug-likeness (QED) is 0.350. The molecule has 0 aromatic rings. The van der Waals surface area contributed by atoms with Crippen LogP contribution in [0.15, 0.2) is 12.2 Å². The van der Waals surface area contributed by atoms with Crippen LogP contribution < -0.4 is 0 Å². The summed E-state index contributed by atoms with van der Waals surface area (Å²) in [5, 5.41) is 18.3. The minimum absolute atomic E-state index is 0.0994. The average molecular weight is 312 g/mol. The van der Waals surface area contributed by atoms with Gasteiger partial charge in [-0.15, -0.1) is 0 Å². The Morgan fingerprint density at radius 1 is 0.955 bits per heavy atom. The molecular weight excluding hydrogens is 280 g/mol. The van der Waals surface area contributed by atoms with Crippen LogP contribution in [0.2, 0.25) is 0 Å². The predicted molar refractivity (Wildman–Crippen MR) is 88.9 cm³/mol. The van der Waals surface area contributed by atoms with Crippen molar-refractivity contribution in [3.8, 4) is 0 Å². The van der Waals surface area contributed by atoms with Gasteiger partial charge in [-0.05, 0) is 25.7 Å². The summed E-state index contributed by atoms with van der Waals surface area (Å²) < 4.78 is 0. The highest BCUT2D eigenvalue weighted by Gasteiger charge is 2.12. The van der Waals surface area contributed by atoms with Crippen LogP contribution in [0.4, 0.5) is 0 Å². The minimum atomic E-state index is -0.848. The Balaban J connectivity index is 3.51. The van der Waals surface area contributed by atoms with E-state index in [1.165, 1.54) is 12.8 Å². The molecule has 0 amide bonds. The van der Waals surface area contributed by atoms with Crippen molar-refractivity contribution in [2.45, 2.75) is 90.1 Å². The third-order valence-corrected chi connectivity index (χ3v) is 3.70. The molecule has 0 heterocycles. The highest BCUT2D eigenvalue weighted by Crippen LogP contribution is 2.10. The molecule has 4 nitrogen and oxygen atoms in total. The first-order chi connectivity index (χ1) is 10.6. The molecule has 1 atom stereocenters. The van der Waals surface area contributed by atoms with Crippen molar-refractivity contribution in [1.29, 1.82) is 0 Å². The smallest absolute Gasteiger partial charge is 0.303 e. The monoisotopic (exact) mass is 312 g/mol. The van der Waals surface area contributed by atoms with Gasteiger partial charge in [-0.3, -0.25) is 9.59 Å². The van der Waals surface area contributed by atoms with Gasteiger partial charge in [0.2, 0.25) is 0 Å². The number of allylic oxidation sites excluding steroid dienone is 2. The second-order valence-corrected chi connectivity index (χ2v) is 5.85. The van der Waals surface area contributed by atoms with Crippen LogP contribution in [0.5, 0.6) is 0 Å². The third-order valence-electron chi connectivity index (χ3n) is 3.70. The maximum absolute atomic E-state index is 11.7. The Morgan fingerprint density at radius 3 is 2.32 bits per heavy atom. The molecule has 0 spiro atoms. The molecule has 1 unspecified atom stereocenters. The van der Waals surface area contributed by atoms with Crippen LogP contribution in [0.3, 0.4) is 0 Å². The second kappa shape index (κ2) is 14.8. The molecule has 0 saturated carbocycles. The average Bonchev–Trinajstić information content (AvgIpc) is 2.49. The molecule has 2 N–H and O–H groups in total. The fraction of sp³-hybridized carbons (Fsp3) is 0.778. The second-order valence-electron chi connectivity index (χ2n) is 5.85. The molecule has 4 heteroatoms. The molecule has 0 bridgehead atoms. The van der Waals surface area contributed by atoms with Gasteiger partial charge >= 0.3 is 5.97 Å². The molecule has 0 aliphatic carbocycles. The summed E-state index contributed by atoms with van der Waals surface area (Å²) in [5.41, 5.74) is 0. The number of ketones is 1. The Morgan fingerprint density at radius 2 is 1.64 bits per heavy atom.